The van der Waals surface area contributed by atoms with Crippen LogP contribution < -0.4 is 14.8 Å². The van der Waals surface area contributed by atoms with Gasteiger partial charge in [-0.1, -0.05) is 12.1 Å². The molecule has 2 aromatic rings. The van der Waals surface area contributed by atoms with E-state index in [2.05, 4.69) is 5.32 Å². The first-order chi connectivity index (χ1) is 15.0. The quantitative estimate of drug-likeness (QED) is 0.517. The first kappa shape index (κ1) is 22.2. The van der Waals surface area contributed by atoms with Gasteiger partial charge in [0.25, 0.3) is 0 Å². The number of rotatable bonds is 7. The number of carbonyl (C=O) groups excluding carboxylic acids is 2. The van der Waals surface area contributed by atoms with E-state index in [1.54, 1.807) is 27.2 Å². The molecule has 1 fully saturated rings. The molecule has 3 rings (SSSR count). The molecule has 7 nitrogen and oxygen atoms in total. The van der Waals surface area contributed by atoms with Crippen LogP contribution in [0.5, 0.6) is 11.5 Å². The second-order valence-electron chi connectivity index (χ2n) is 7.10. The van der Waals surface area contributed by atoms with Crippen LogP contribution in [0.15, 0.2) is 48.5 Å². The van der Waals surface area contributed by atoms with Gasteiger partial charge in [0.1, 0.15) is 11.5 Å². The maximum Gasteiger partial charge on any atom is 0.330 e. The van der Waals surface area contributed by atoms with Crippen LogP contribution in [0.2, 0.25) is 0 Å². The maximum atomic E-state index is 13.0. The number of carbonyl (C=O) groups is 2. The van der Waals surface area contributed by atoms with E-state index in [-0.39, 0.29) is 18.0 Å². The minimum Gasteiger partial charge on any atom is -0.497 e. The van der Waals surface area contributed by atoms with Gasteiger partial charge in [0.2, 0.25) is 0 Å². The predicted molar refractivity (Wildman–Crippen MR) is 119 cm³/mol. The molecule has 1 aliphatic rings. The van der Waals surface area contributed by atoms with E-state index < -0.39 is 0 Å². The second kappa shape index (κ2) is 10.5. The van der Waals surface area contributed by atoms with Gasteiger partial charge in [-0.3, -0.25) is 0 Å². The first-order valence-corrected chi connectivity index (χ1v) is 10.3. The van der Waals surface area contributed by atoms with Gasteiger partial charge in [0.15, 0.2) is 0 Å². The number of ether oxygens (including phenoxy) is 3. The number of anilines is 1. The fraction of sp³-hybridized carbons (Fsp3) is 0.333. The van der Waals surface area contributed by atoms with E-state index in [0.29, 0.717) is 30.3 Å². The Labute approximate surface area is 182 Å². The fourth-order valence-electron chi connectivity index (χ4n) is 3.65. The van der Waals surface area contributed by atoms with Crippen LogP contribution in [-0.2, 0) is 9.53 Å². The lowest BCUT2D eigenvalue weighted by Crippen LogP contribution is -2.34. The van der Waals surface area contributed by atoms with Crippen LogP contribution in [0.4, 0.5) is 10.5 Å². The van der Waals surface area contributed by atoms with E-state index in [1.807, 2.05) is 47.4 Å². The van der Waals surface area contributed by atoms with Gasteiger partial charge < -0.3 is 24.4 Å². The third-order valence-electron chi connectivity index (χ3n) is 5.17. The number of esters is 1. The highest BCUT2D eigenvalue weighted by Gasteiger charge is 2.32. The van der Waals surface area contributed by atoms with E-state index in [9.17, 15) is 9.59 Å². The molecule has 0 bridgehead atoms. The van der Waals surface area contributed by atoms with Crippen LogP contribution in [0.3, 0.4) is 0 Å². The van der Waals surface area contributed by atoms with Gasteiger partial charge in [-0.2, -0.15) is 0 Å². The molecule has 1 N–H and O–H groups in total. The van der Waals surface area contributed by atoms with Crippen molar-refractivity contribution in [3.05, 3.63) is 59.7 Å². The number of urea groups is 1. The second-order valence-corrected chi connectivity index (χ2v) is 7.10. The third-order valence-corrected chi connectivity index (χ3v) is 5.17. The lowest BCUT2D eigenvalue weighted by atomic mass is 10.0. The summed E-state index contributed by atoms with van der Waals surface area (Å²) in [5.74, 6) is 1.04. The molecule has 1 heterocycles. The van der Waals surface area contributed by atoms with Crippen LogP contribution in [0.25, 0.3) is 6.08 Å². The summed E-state index contributed by atoms with van der Waals surface area (Å²) in [5, 5.41) is 2.96. The van der Waals surface area contributed by atoms with Crippen molar-refractivity contribution in [2.45, 2.75) is 25.8 Å². The van der Waals surface area contributed by atoms with Gasteiger partial charge in [-0.25, -0.2) is 9.59 Å². The van der Waals surface area contributed by atoms with E-state index in [4.69, 9.17) is 14.2 Å². The summed E-state index contributed by atoms with van der Waals surface area (Å²) in [6.07, 6.45) is 4.85. The van der Waals surface area contributed by atoms with Crippen molar-refractivity contribution in [3.63, 3.8) is 0 Å². The average Bonchev–Trinajstić information content (AvgIpc) is 3.28. The summed E-state index contributed by atoms with van der Waals surface area (Å²) in [7, 11) is 3.23. The lowest BCUT2D eigenvalue weighted by Gasteiger charge is -2.26. The van der Waals surface area contributed by atoms with Gasteiger partial charge in [0.05, 0.1) is 26.9 Å². The van der Waals surface area contributed by atoms with Crippen molar-refractivity contribution in [1.82, 2.24) is 4.90 Å². The Morgan fingerprint density at radius 3 is 2.58 bits per heavy atom. The number of amides is 2. The van der Waals surface area contributed by atoms with Crippen LogP contribution >= 0.6 is 0 Å². The predicted octanol–water partition coefficient (Wildman–Crippen LogP) is 4.65. The third kappa shape index (κ3) is 5.57. The van der Waals surface area contributed by atoms with Gasteiger partial charge >= 0.3 is 12.0 Å². The summed E-state index contributed by atoms with van der Waals surface area (Å²) in [5.41, 5.74) is 2.49. The topological polar surface area (TPSA) is 77.1 Å². The molecule has 0 aliphatic carbocycles. The smallest absolute Gasteiger partial charge is 0.330 e. The summed E-state index contributed by atoms with van der Waals surface area (Å²) < 4.78 is 15.7. The largest absolute Gasteiger partial charge is 0.497 e. The summed E-state index contributed by atoms with van der Waals surface area (Å²) in [6, 6.07) is 12.7. The Morgan fingerprint density at radius 2 is 1.90 bits per heavy atom. The number of methoxy groups -OCH3 is 2. The molecule has 0 radical (unpaired) electrons. The minimum atomic E-state index is -0.381. The van der Waals surface area contributed by atoms with Gasteiger partial charge in [0, 0.05) is 29.9 Å². The Hall–Kier alpha value is -3.48. The number of nitrogens with zero attached hydrogens (tertiary/aromatic N) is 1. The number of likely N-dealkylation sites (tertiary alicyclic amines) is 1. The maximum absolute atomic E-state index is 13.0. The summed E-state index contributed by atoms with van der Waals surface area (Å²) >= 11 is 0. The molecule has 7 heteroatoms. The Balaban J connectivity index is 1.68. The molecular weight excluding hydrogens is 396 g/mol. The highest BCUT2D eigenvalue weighted by atomic mass is 16.5. The number of hydrogen-bond acceptors (Lipinski definition) is 5. The van der Waals surface area contributed by atoms with E-state index in [1.165, 1.54) is 6.08 Å². The number of nitrogens with one attached hydrogen (secondary N) is 1. The van der Waals surface area contributed by atoms with Crippen molar-refractivity contribution in [2.75, 3.05) is 32.7 Å². The highest BCUT2D eigenvalue weighted by molar-refractivity contribution is 5.90. The summed E-state index contributed by atoms with van der Waals surface area (Å²) in [4.78, 5) is 26.2. The van der Waals surface area contributed by atoms with Gasteiger partial charge in [-0.05, 0) is 55.7 Å². The van der Waals surface area contributed by atoms with Crippen LogP contribution in [0.1, 0.15) is 36.9 Å². The molecule has 164 valence electrons. The van der Waals surface area contributed by atoms with Gasteiger partial charge in [-0.15, -0.1) is 0 Å². The monoisotopic (exact) mass is 424 g/mol. The van der Waals surface area contributed by atoms with Crippen molar-refractivity contribution < 1.29 is 23.8 Å². The molecule has 31 heavy (non-hydrogen) atoms. The molecule has 2 aromatic carbocycles. The molecular formula is C24H28N2O5. The van der Waals surface area contributed by atoms with Crippen LogP contribution in [0, 0.1) is 0 Å². The molecule has 1 unspecified atom stereocenters. The highest BCUT2D eigenvalue weighted by Crippen LogP contribution is 2.38. The molecule has 2 amide bonds. The Morgan fingerprint density at radius 1 is 1.13 bits per heavy atom. The van der Waals surface area contributed by atoms with Crippen molar-refractivity contribution in [3.8, 4) is 11.5 Å². The standard InChI is InChI=1S/C24H28N2O5/c1-4-31-23(27)14-9-17-7-10-18(11-8-17)25-24(28)26-15-5-6-21(26)20-13-12-19(29-2)16-22(20)30-3/h7-14,16,21H,4-6,15H2,1-3H3,(H,25,28)/b14-9+. The van der Waals surface area contributed by atoms with E-state index in [0.717, 1.165) is 24.0 Å². The molecule has 0 spiro atoms. The molecule has 1 saturated heterocycles. The van der Waals surface area contributed by atoms with E-state index >= 15 is 0 Å². The first-order valence-electron chi connectivity index (χ1n) is 10.3. The SMILES string of the molecule is CCOC(=O)/C=C/c1ccc(NC(=O)N2CCCC2c2ccc(OC)cc2OC)cc1. The molecule has 0 aromatic heterocycles. The number of hydrogen-bond donors (Lipinski definition) is 1. The Kier molecular flexibility index (Phi) is 7.54. The zero-order valence-electron chi connectivity index (χ0n) is 18.1. The average molecular weight is 424 g/mol. The van der Waals surface area contributed by atoms with Crippen molar-refractivity contribution in [2.24, 2.45) is 0 Å². The van der Waals surface area contributed by atoms with Crippen molar-refractivity contribution >= 4 is 23.8 Å². The number of benzene rings is 2. The molecule has 0 saturated carbocycles. The molecule has 1 atom stereocenters. The van der Waals surface area contributed by atoms with Crippen molar-refractivity contribution in [1.29, 1.82) is 0 Å². The minimum absolute atomic E-state index is 0.0624. The normalized spacial score (nSPS) is 15.7. The zero-order chi connectivity index (χ0) is 22.2. The lowest BCUT2D eigenvalue weighted by molar-refractivity contribution is -0.137. The van der Waals surface area contributed by atoms with Crippen LogP contribution in [-0.4, -0.2) is 44.3 Å². The zero-order valence-corrected chi connectivity index (χ0v) is 18.1. The fourth-order valence-corrected chi connectivity index (χ4v) is 3.65. The Bertz CT molecular complexity index is 939. The molecule has 1 aliphatic heterocycles. The summed E-state index contributed by atoms with van der Waals surface area (Å²) in [6.45, 7) is 2.78.